The zero-order valence-corrected chi connectivity index (χ0v) is 15.3. The van der Waals surface area contributed by atoms with E-state index in [-0.39, 0.29) is 29.8 Å². The Hall–Kier alpha value is -0.410. The fourth-order valence-corrected chi connectivity index (χ4v) is 7.87. The molecule has 4 rings (SSSR count). The maximum Gasteiger partial charge on any atom is 0.161 e. The summed E-state index contributed by atoms with van der Waals surface area (Å²) in [5, 5.41) is 19.5. The minimum Gasteiger partial charge on any atom is -0.393 e. The van der Waals surface area contributed by atoms with Crippen LogP contribution in [0, 0.1) is 40.4 Å². The molecule has 0 unspecified atom stereocenters. The van der Waals surface area contributed by atoms with Gasteiger partial charge in [-0.3, -0.25) is 4.79 Å². The van der Waals surface area contributed by atoms with E-state index in [2.05, 4.69) is 13.8 Å². The molecule has 0 heterocycles. The molecule has 0 aromatic carbocycles. The van der Waals surface area contributed by atoms with Crippen LogP contribution in [-0.2, 0) is 4.79 Å². The third-order valence-electron chi connectivity index (χ3n) is 9.18. The van der Waals surface area contributed by atoms with E-state index in [1.54, 1.807) is 0 Å². The topological polar surface area (TPSA) is 57.5 Å². The summed E-state index contributed by atoms with van der Waals surface area (Å²) in [6.45, 7) is 4.57. The summed E-state index contributed by atoms with van der Waals surface area (Å²) in [5.41, 5.74) is 0.529. The van der Waals surface area contributed by atoms with Gasteiger partial charge in [-0.05, 0) is 92.3 Å². The van der Waals surface area contributed by atoms with Crippen LogP contribution in [0.5, 0.6) is 0 Å². The molecule has 3 heteroatoms. The predicted molar refractivity (Wildman–Crippen MR) is 93.3 cm³/mol. The van der Waals surface area contributed by atoms with Crippen LogP contribution in [0.2, 0.25) is 0 Å². The Kier molecular flexibility index (Phi) is 4.12. The predicted octanol–water partition coefficient (Wildman–Crippen LogP) is 3.57. The maximum atomic E-state index is 12.3. The Morgan fingerprint density at radius 1 is 0.958 bits per heavy atom. The van der Waals surface area contributed by atoms with Gasteiger partial charge in [0.15, 0.2) is 5.78 Å². The number of hydrogen-bond donors (Lipinski definition) is 2. The van der Waals surface area contributed by atoms with Crippen molar-refractivity contribution in [2.75, 3.05) is 6.61 Å². The standard InChI is InChI=1S/C21H34O3/c1-20-9-7-14(23)11-13(20)3-4-15-16-5-6-18(19(24)12-22)21(16,2)10-8-17(15)20/h13-18,22-23H,3-12H2,1-2H3/t13-,14+,15+,16+,17+,18-,20+,21+/m1/s1. The summed E-state index contributed by atoms with van der Waals surface area (Å²) >= 11 is 0. The quantitative estimate of drug-likeness (QED) is 0.812. The Morgan fingerprint density at radius 2 is 1.67 bits per heavy atom. The molecule has 4 aliphatic rings. The Bertz CT molecular complexity index is 517. The van der Waals surface area contributed by atoms with Crippen molar-refractivity contribution >= 4 is 5.78 Å². The number of carbonyl (C=O) groups excluding carboxylic acids is 1. The Morgan fingerprint density at radius 3 is 2.42 bits per heavy atom. The van der Waals surface area contributed by atoms with Gasteiger partial charge in [-0.2, -0.15) is 0 Å². The molecule has 0 aromatic heterocycles. The van der Waals surface area contributed by atoms with Gasteiger partial charge in [-0.25, -0.2) is 0 Å². The van der Waals surface area contributed by atoms with Crippen molar-refractivity contribution in [3.63, 3.8) is 0 Å². The molecule has 4 saturated carbocycles. The molecule has 136 valence electrons. The van der Waals surface area contributed by atoms with Crippen LogP contribution in [-0.4, -0.2) is 28.7 Å². The summed E-state index contributed by atoms with van der Waals surface area (Å²) in [6, 6.07) is 0. The van der Waals surface area contributed by atoms with Crippen molar-refractivity contribution in [2.45, 2.75) is 77.7 Å². The van der Waals surface area contributed by atoms with Crippen LogP contribution in [0.15, 0.2) is 0 Å². The van der Waals surface area contributed by atoms with E-state index in [0.717, 1.165) is 37.5 Å². The summed E-state index contributed by atoms with van der Waals surface area (Å²) in [5.74, 6) is 3.08. The van der Waals surface area contributed by atoms with Crippen LogP contribution < -0.4 is 0 Å². The summed E-state index contributed by atoms with van der Waals surface area (Å²) in [4.78, 5) is 12.3. The number of fused-ring (bicyclic) bond motifs is 5. The molecule has 0 amide bonds. The second kappa shape index (κ2) is 5.81. The highest BCUT2D eigenvalue weighted by atomic mass is 16.3. The maximum absolute atomic E-state index is 12.3. The molecule has 0 aromatic rings. The molecule has 4 fully saturated rings. The third-order valence-corrected chi connectivity index (χ3v) is 9.18. The van der Waals surface area contributed by atoms with Crippen LogP contribution in [0.3, 0.4) is 0 Å². The summed E-state index contributed by atoms with van der Waals surface area (Å²) < 4.78 is 0. The molecule has 0 aliphatic heterocycles. The van der Waals surface area contributed by atoms with Crippen LogP contribution in [0.25, 0.3) is 0 Å². The van der Waals surface area contributed by atoms with E-state index in [4.69, 9.17) is 0 Å². The largest absolute Gasteiger partial charge is 0.393 e. The van der Waals surface area contributed by atoms with Crippen molar-refractivity contribution in [1.29, 1.82) is 0 Å². The molecule has 24 heavy (non-hydrogen) atoms. The molecule has 0 spiro atoms. The average Bonchev–Trinajstić information content (AvgIpc) is 2.92. The number of ketones is 1. The molecule has 0 bridgehead atoms. The first-order chi connectivity index (χ1) is 11.4. The zero-order valence-electron chi connectivity index (χ0n) is 15.3. The fourth-order valence-electron chi connectivity index (χ4n) is 7.87. The normalized spacial score (nSPS) is 53.8. The first-order valence-electron chi connectivity index (χ1n) is 10.2. The lowest BCUT2D eigenvalue weighted by molar-refractivity contribution is -0.141. The van der Waals surface area contributed by atoms with Crippen molar-refractivity contribution in [1.82, 2.24) is 0 Å². The highest BCUT2D eigenvalue weighted by Gasteiger charge is 2.60. The molecule has 0 radical (unpaired) electrons. The van der Waals surface area contributed by atoms with Crippen LogP contribution >= 0.6 is 0 Å². The SMILES string of the molecule is C[C@]12CC[C@H](O)C[C@H]1CC[C@@H]1[C@@H]2CC[C@]2(C)[C@@H](C(=O)CO)CC[C@@H]12. The minimum absolute atomic E-state index is 0.0773. The fraction of sp³-hybridized carbons (Fsp3) is 0.952. The third kappa shape index (κ3) is 2.26. The molecular weight excluding hydrogens is 300 g/mol. The Balaban J connectivity index is 1.60. The molecular formula is C21H34O3. The van der Waals surface area contributed by atoms with Crippen LogP contribution in [0.1, 0.15) is 71.6 Å². The van der Waals surface area contributed by atoms with Gasteiger partial charge in [0.1, 0.15) is 6.61 Å². The second-order valence-corrected chi connectivity index (χ2v) is 9.88. The van der Waals surface area contributed by atoms with E-state index in [9.17, 15) is 15.0 Å². The molecule has 3 nitrogen and oxygen atoms in total. The van der Waals surface area contributed by atoms with Gasteiger partial charge >= 0.3 is 0 Å². The zero-order chi connectivity index (χ0) is 17.1. The summed E-state index contributed by atoms with van der Waals surface area (Å²) in [7, 11) is 0. The van der Waals surface area contributed by atoms with E-state index in [1.807, 2.05) is 0 Å². The Labute approximate surface area is 146 Å². The number of Topliss-reactive ketones (excluding diaryl/α,β-unsaturated/α-hetero) is 1. The van der Waals surface area contributed by atoms with Gasteiger partial charge in [-0.1, -0.05) is 13.8 Å². The first kappa shape index (κ1) is 17.0. The summed E-state index contributed by atoms with van der Waals surface area (Å²) in [6.07, 6.45) is 10.2. The van der Waals surface area contributed by atoms with Gasteiger partial charge in [0.2, 0.25) is 0 Å². The van der Waals surface area contributed by atoms with E-state index in [0.29, 0.717) is 17.3 Å². The highest BCUT2D eigenvalue weighted by Crippen LogP contribution is 2.67. The number of aliphatic hydroxyl groups excluding tert-OH is 2. The van der Waals surface area contributed by atoms with Gasteiger partial charge in [-0.15, -0.1) is 0 Å². The van der Waals surface area contributed by atoms with Gasteiger partial charge in [0.05, 0.1) is 6.10 Å². The van der Waals surface area contributed by atoms with Crippen molar-refractivity contribution in [2.24, 2.45) is 40.4 Å². The number of aliphatic hydroxyl groups is 2. The van der Waals surface area contributed by atoms with Crippen molar-refractivity contribution in [3.05, 3.63) is 0 Å². The van der Waals surface area contributed by atoms with E-state index in [1.165, 1.54) is 32.1 Å². The lowest BCUT2D eigenvalue weighted by atomic mass is 9.44. The molecule has 4 aliphatic carbocycles. The number of hydrogen-bond acceptors (Lipinski definition) is 3. The molecule has 8 atom stereocenters. The van der Waals surface area contributed by atoms with Gasteiger partial charge < -0.3 is 10.2 Å². The lowest BCUT2D eigenvalue weighted by Crippen LogP contribution is -2.54. The van der Waals surface area contributed by atoms with E-state index >= 15 is 0 Å². The highest BCUT2D eigenvalue weighted by molar-refractivity contribution is 5.83. The van der Waals surface area contributed by atoms with Gasteiger partial charge in [0.25, 0.3) is 0 Å². The first-order valence-corrected chi connectivity index (χ1v) is 10.2. The average molecular weight is 335 g/mol. The molecule has 0 saturated heterocycles. The number of rotatable bonds is 2. The minimum atomic E-state index is -0.279. The lowest BCUT2D eigenvalue weighted by Gasteiger charge is -2.60. The number of carbonyl (C=O) groups is 1. The van der Waals surface area contributed by atoms with Crippen molar-refractivity contribution < 1.29 is 15.0 Å². The van der Waals surface area contributed by atoms with Crippen LogP contribution in [0.4, 0.5) is 0 Å². The molecule has 2 N–H and O–H groups in total. The smallest absolute Gasteiger partial charge is 0.161 e. The van der Waals surface area contributed by atoms with Gasteiger partial charge in [0, 0.05) is 5.92 Å². The van der Waals surface area contributed by atoms with Crippen molar-refractivity contribution in [3.8, 4) is 0 Å². The van der Waals surface area contributed by atoms with E-state index < -0.39 is 0 Å². The monoisotopic (exact) mass is 334 g/mol. The second-order valence-electron chi connectivity index (χ2n) is 9.88.